The molecule has 3 nitrogen and oxygen atoms in total. The zero-order chi connectivity index (χ0) is 12.8. The third kappa shape index (κ3) is 2.06. The van der Waals surface area contributed by atoms with Gasteiger partial charge in [0.25, 0.3) is 0 Å². The molecule has 0 aromatic rings. The van der Waals surface area contributed by atoms with Gasteiger partial charge in [-0.3, -0.25) is 4.79 Å². The predicted molar refractivity (Wildman–Crippen MR) is 69.2 cm³/mol. The summed E-state index contributed by atoms with van der Waals surface area (Å²) in [7, 11) is -0.120. The highest BCUT2D eigenvalue weighted by Crippen LogP contribution is 2.62. The second kappa shape index (κ2) is 4.09. The summed E-state index contributed by atoms with van der Waals surface area (Å²) in [5.41, 5.74) is 0.221. The maximum Gasteiger partial charge on any atom is 0.311 e. The Balaban J connectivity index is 2.18. The third-order valence-corrected chi connectivity index (χ3v) is 5.40. The molecule has 4 atom stereocenters. The number of methoxy groups -OCH3 is 1. The molecule has 2 fully saturated rings. The summed E-state index contributed by atoms with van der Waals surface area (Å²) in [5.74, 6) is 0.396. The van der Waals surface area contributed by atoms with Crippen molar-refractivity contribution in [2.75, 3.05) is 7.11 Å². The molecule has 0 N–H and O–H groups in total. The van der Waals surface area contributed by atoms with Crippen molar-refractivity contribution in [2.45, 2.75) is 51.9 Å². The smallest absolute Gasteiger partial charge is 0.311 e. The van der Waals surface area contributed by atoms with Crippen LogP contribution >= 0.6 is 0 Å². The molecule has 2 rings (SSSR count). The van der Waals surface area contributed by atoms with Crippen molar-refractivity contribution in [3.63, 3.8) is 0 Å². The van der Waals surface area contributed by atoms with E-state index in [-0.39, 0.29) is 23.4 Å². The average molecular weight is 256 g/mol. The fraction of sp³-hybridized carbons (Fsp3) is 0.923. The van der Waals surface area contributed by atoms with Crippen molar-refractivity contribution in [3.05, 3.63) is 0 Å². The van der Waals surface area contributed by atoms with Gasteiger partial charge < -0.3 is 9.16 Å². The van der Waals surface area contributed by atoms with E-state index in [1.165, 1.54) is 20.0 Å². The van der Waals surface area contributed by atoms with E-state index >= 15 is 0 Å². The van der Waals surface area contributed by atoms with Gasteiger partial charge in [0, 0.05) is 0 Å². The van der Waals surface area contributed by atoms with Crippen LogP contribution in [-0.2, 0) is 14.0 Å². The molecule has 0 aromatic heterocycles. The Morgan fingerprint density at radius 3 is 2.53 bits per heavy atom. The first-order valence-electron chi connectivity index (χ1n) is 6.55. The van der Waals surface area contributed by atoms with E-state index in [2.05, 4.69) is 26.6 Å². The van der Waals surface area contributed by atoms with E-state index < -0.39 is 8.32 Å². The molecule has 2 aliphatic rings. The summed E-state index contributed by atoms with van der Waals surface area (Å²) in [6, 6.07) is 0. The minimum atomic E-state index is -1.61. The number of hydrogen-bond acceptors (Lipinski definition) is 3. The monoisotopic (exact) mass is 256 g/mol. The Hall–Kier alpha value is -0.353. The van der Waals surface area contributed by atoms with Gasteiger partial charge in [0.2, 0.25) is 0 Å². The van der Waals surface area contributed by atoms with Gasteiger partial charge in [0.1, 0.15) is 0 Å². The van der Waals surface area contributed by atoms with Gasteiger partial charge in [-0.15, -0.1) is 0 Å². The molecule has 4 heteroatoms. The lowest BCUT2D eigenvalue weighted by atomic mass is 9.54. The highest BCUT2D eigenvalue weighted by molar-refractivity contribution is 6.69. The number of esters is 1. The summed E-state index contributed by atoms with van der Waals surface area (Å²) in [5, 5.41) is 0. The lowest BCUT2D eigenvalue weighted by Crippen LogP contribution is -2.63. The van der Waals surface area contributed by atoms with Gasteiger partial charge >= 0.3 is 5.97 Å². The lowest BCUT2D eigenvalue weighted by Gasteiger charge is -2.56. The van der Waals surface area contributed by atoms with Crippen LogP contribution in [0.3, 0.4) is 0 Å². The van der Waals surface area contributed by atoms with Crippen LogP contribution in [0.15, 0.2) is 0 Å². The van der Waals surface area contributed by atoms with Gasteiger partial charge in [0.15, 0.2) is 8.32 Å². The quantitative estimate of drug-likeness (QED) is 0.575. The Kier molecular flexibility index (Phi) is 3.15. The van der Waals surface area contributed by atoms with Gasteiger partial charge in [0.05, 0.1) is 19.1 Å². The summed E-state index contributed by atoms with van der Waals surface area (Å²) in [6.45, 7) is 8.85. The van der Waals surface area contributed by atoms with Crippen molar-refractivity contribution in [1.82, 2.24) is 0 Å². The predicted octanol–water partition coefficient (Wildman–Crippen LogP) is 2.82. The molecule has 0 bridgehead atoms. The minimum absolute atomic E-state index is 0.0146. The van der Waals surface area contributed by atoms with E-state index in [0.717, 1.165) is 6.42 Å². The molecule has 0 heterocycles. The van der Waals surface area contributed by atoms with Crippen LogP contribution in [-0.4, -0.2) is 27.5 Å². The second-order valence-corrected chi connectivity index (χ2v) is 11.2. The van der Waals surface area contributed by atoms with Crippen LogP contribution in [0.2, 0.25) is 19.6 Å². The fourth-order valence-electron chi connectivity index (χ4n) is 3.68. The molecule has 0 amide bonds. The zero-order valence-electron chi connectivity index (χ0n) is 11.6. The summed E-state index contributed by atoms with van der Waals surface area (Å²) >= 11 is 0. The molecule has 0 unspecified atom stereocenters. The molecule has 0 radical (unpaired) electrons. The largest absolute Gasteiger partial charge is 0.469 e. The summed E-state index contributed by atoms with van der Waals surface area (Å²) < 4.78 is 11.2. The van der Waals surface area contributed by atoms with Crippen molar-refractivity contribution >= 4 is 14.3 Å². The molecule has 0 spiro atoms. The number of ether oxygens (including phenoxy) is 1. The SMILES string of the molecule is COC(=O)[C@H]1[C@H]2CCC[C@]2(C)[C@H]1O[Si](C)(C)C. The first kappa shape index (κ1) is 13.1. The minimum Gasteiger partial charge on any atom is -0.469 e. The normalized spacial score (nSPS) is 40.6. The van der Waals surface area contributed by atoms with E-state index in [1.54, 1.807) is 0 Å². The van der Waals surface area contributed by atoms with E-state index in [4.69, 9.17) is 9.16 Å². The standard InChI is InChI=1S/C13H24O3Si/c1-13-8-6-7-9(13)10(12(14)15-2)11(13)16-17(3,4)5/h9-11H,6-8H2,1-5H3/t9-,10+,11+,13+/m1/s1. The van der Waals surface area contributed by atoms with E-state index in [9.17, 15) is 4.79 Å². The van der Waals surface area contributed by atoms with Crippen molar-refractivity contribution in [2.24, 2.45) is 17.3 Å². The molecule has 98 valence electrons. The van der Waals surface area contributed by atoms with Crippen LogP contribution in [0, 0.1) is 17.3 Å². The number of carbonyl (C=O) groups excluding carboxylic acids is 1. The Bertz CT molecular complexity index is 323. The van der Waals surface area contributed by atoms with Gasteiger partial charge in [-0.1, -0.05) is 13.3 Å². The second-order valence-electron chi connectivity index (χ2n) is 6.70. The number of carbonyl (C=O) groups is 1. The van der Waals surface area contributed by atoms with E-state index in [1.807, 2.05) is 0 Å². The van der Waals surface area contributed by atoms with Crippen molar-refractivity contribution in [3.8, 4) is 0 Å². The van der Waals surface area contributed by atoms with Crippen LogP contribution in [0.4, 0.5) is 0 Å². The number of fused-ring (bicyclic) bond motifs is 1. The molecule has 2 saturated carbocycles. The molecular weight excluding hydrogens is 232 g/mol. The van der Waals surface area contributed by atoms with Gasteiger partial charge in [-0.05, 0) is 43.8 Å². The topological polar surface area (TPSA) is 35.5 Å². The van der Waals surface area contributed by atoms with Crippen molar-refractivity contribution < 1.29 is 14.0 Å². The number of hydrogen-bond donors (Lipinski definition) is 0. The van der Waals surface area contributed by atoms with Gasteiger partial charge in [-0.25, -0.2) is 0 Å². The van der Waals surface area contributed by atoms with Gasteiger partial charge in [-0.2, -0.15) is 0 Å². The zero-order valence-corrected chi connectivity index (χ0v) is 12.6. The van der Waals surface area contributed by atoms with Crippen LogP contribution in [0.25, 0.3) is 0 Å². The maximum absolute atomic E-state index is 11.9. The number of rotatable bonds is 3. The van der Waals surface area contributed by atoms with Crippen LogP contribution in [0.5, 0.6) is 0 Å². The molecule has 2 aliphatic carbocycles. The fourth-order valence-corrected chi connectivity index (χ4v) is 4.85. The lowest BCUT2D eigenvalue weighted by molar-refractivity contribution is -0.185. The Morgan fingerprint density at radius 2 is 2.00 bits per heavy atom. The first-order chi connectivity index (χ1) is 7.79. The first-order valence-corrected chi connectivity index (χ1v) is 9.96. The molecule has 17 heavy (non-hydrogen) atoms. The van der Waals surface area contributed by atoms with E-state index in [0.29, 0.717) is 5.92 Å². The third-order valence-electron chi connectivity index (χ3n) is 4.44. The Labute approximate surface area is 105 Å². The molecule has 0 aromatic carbocycles. The maximum atomic E-state index is 11.9. The highest BCUT2D eigenvalue weighted by atomic mass is 28.4. The molecule has 0 saturated heterocycles. The highest BCUT2D eigenvalue weighted by Gasteiger charge is 2.65. The summed E-state index contributed by atoms with van der Waals surface area (Å²) in [4.78, 5) is 11.9. The van der Waals surface area contributed by atoms with Crippen LogP contribution < -0.4 is 0 Å². The van der Waals surface area contributed by atoms with Crippen LogP contribution in [0.1, 0.15) is 26.2 Å². The average Bonchev–Trinajstić information content (AvgIpc) is 2.54. The summed E-state index contributed by atoms with van der Waals surface area (Å²) in [6.07, 6.45) is 3.66. The Morgan fingerprint density at radius 1 is 1.35 bits per heavy atom. The molecular formula is C13H24O3Si. The van der Waals surface area contributed by atoms with Crippen molar-refractivity contribution in [1.29, 1.82) is 0 Å². The molecule has 0 aliphatic heterocycles.